The van der Waals surface area contributed by atoms with Crippen molar-refractivity contribution in [1.82, 2.24) is 4.57 Å². The highest BCUT2D eigenvalue weighted by atomic mass is 32.1. The second-order valence-corrected chi connectivity index (χ2v) is 10.1. The molecule has 0 unspecified atom stereocenters. The Hall–Kier alpha value is -3.45. The van der Waals surface area contributed by atoms with Crippen molar-refractivity contribution in [1.29, 1.82) is 0 Å². The number of ether oxygens (including phenoxy) is 2. The zero-order valence-corrected chi connectivity index (χ0v) is 22.2. The van der Waals surface area contributed by atoms with E-state index in [1.807, 2.05) is 42.5 Å². The van der Waals surface area contributed by atoms with Gasteiger partial charge in [0.1, 0.15) is 5.75 Å². The molecule has 0 saturated carbocycles. The number of hydrogen-bond acceptors (Lipinski definition) is 6. The van der Waals surface area contributed by atoms with Crippen LogP contribution in [0.5, 0.6) is 5.75 Å². The average molecular weight is 505 g/mol. The van der Waals surface area contributed by atoms with Gasteiger partial charge >= 0.3 is 5.97 Å². The van der Waals surface area contributed by atoms with Crippen LogP contribution in [0, 0.1) is 0 Å². The molecule has 0 radical (unpaired) electrons. The Labute approximate surface area is 215 Å². The second kappa shape index (κ2) is 11.1. The zero-order valence-electron chi connectivity index (χ0n) is 21.4. The van der Waals surface area contributed by atoms with E-state index in [0.29, 0.717) is 33.1 Å². The summed E-state index contributed by atoms with van der Waals surface area (Å²) in [6, 6.07) is 15.1. The fourth-order valence-corrected chi connectivity index (χ4v) is 5.25. The first-order chi connectivity index (χ1) is 17.3. The maximum atomic E-state index is 13.7. The molecule has 188 valence electrons. The number of rotatable bonds is 8. The molecule has 0 spiro atoms. The summed E-state index contributed by atoms with van der Waals surface area (Å²) in [5.41, 5.74) is 3.71. The van der Waals surface area contributed by atoms with Crippen molar-refractivity contribution >= 4 is 23.4 Å². The number of carbonyl (C=O) groups is 1. The van der Waals surface area contributed by atoms with Crippen molar-refractivity contribution in [2.75, 3.05) is 13.2 Å². The van der Waals surface area contributed by atoms with Crippen molar-refractivity contribution in [3.63, 3.8) is 0 Å². The third-order valence-electron chi connectivity index (χ3n) is 6.09. The van der Waals surface area contributed by atoms with E-state index in [1.54, 1.807) is 18.4 Å². The molecule has 1 aliphatic heterocycles. The van der Waals surface area contributed by atoms with E-state index in [-0.39, 0.29) is 12.2 Å². The summed E-state index contributed by atoms with van der Waals surface area (Å²) in [4.78, 5) is 31.9. The number of esters is 1. The van der Waals surface area contributed by atoms with E-state index in [2.05, 4.69) is 37.9 Å². The van der Waals surface area contributed by atoms with E-state index in [9.17, 15) is 9.59 Å². The fourth-order valence-electron chi connectivity index (χ4n) is 4.20. The molecule has 7 heteroatoms. The summed E-state index contributed by atoms with van der Waals surface area (Å²) in [5.74, 6) is 0.727. The molecule has 0 amide bonds. The van der Waals surface area contributed by atoms with E-state index in [4.69, 9.17) is 9.47 Å². The molecule has 3 aromatic rings. The van der Waals surface area contributed by atoms with Crippen molar-refractivity contribution in [3.05, 3.63) is 96.2 Å². The van der Waals surface area contributed by atoms with Gasteiger partial charge in [-0.1, -0.05) is 68.5 Å². The quantitative estimate of drug-likeness (QED) is 0.417. The van der Waals surface area contributed by atoms with Crippen molar-refractivity contribution < 1.29 is 14.3 Å². The summed E-state index contributed by atoms with van der Waals surface area (Å²) in [7, 11) is 0. The molecule has 1 atom stereocenters. The van der Waals surface area contributed by atoms with Crippen LogP contribution in [-0.4, -0.2) is 23.8 Å². The first-order valence-corrected chi connectivity index (χ1v) is 13.2. The number of carbonyl (C=O) groups excluding carboxylic acids is 1. The van der Waals surface area contributed by atoms with Crippen molar-refractivity contribution in [2.24, 2.45) is 4.99 Å². The molecular formula is C29H32N2O4S. The van der Waals surface area contributed by atoms with Gasteiger partial charge in [0.2, 0.25) is 0 Å². The largest absolute Gasteiger partial charge is 0.494 e. The van der Waals surface area contributed by atoms with Crippen LogP contribution in [0.15, 0.2) is 69.6 Å². The van der Waals surface area contributed by atoms with E-state index >= 15 is 0 Å². The predicted molar refractivity (Wildman–Crippen MR) is 143 cm³/mol. The highest BCUT2D eigenvalue weighted by molar-refractivity contribution is 7.07. The molecule has 2 aromatic carbocycles. The minimum Gasteiger partial charge on any atom is -0.494 e. The Morgan fingerprint density at radius 1 is 1.11 bits per heavy atom. The van der Waals surface area contributed by atoms with Gasteiger partial charge in [0.25, 0.3) is 5.56 Å². The SMILES string of the molecule is CCCOc1ccc(/C=c2\sc3n(c2=O)[C@H](c2ccc(C(C)C)cc2)C(C(=O)OCC)=C(C)N=3)cc1. The van der Waals surface area contributed by atoms with Crippen LogP contribution in [0.3, 0.4) is 0 Å². The second-order valence-electron chi connectivity index (χ2n) is 9.04. The van der Waals surface area contributed by atoms with Gasteiger partial charge in [-0.05, 0) is 61.1 Å². The third kappa shape index (κ3) is 5.21. The molecule has 0 saturated heterocycles. The Kier molecular flexibility index (Phi) is 7.89. The van der Waals surface area contributed by atoms with Gasteiger partial charge in [-0.3, -0.25) is 9.36 Å². The van der Waals surface area contributed by atoms with Crippen LogP contribution in [0.1, 0.15) is 69.7 Å². The summed E-state index contributed by atoms with van der Waals surface area (Å²) in [6.45, 7) is 10.8. The Morgan fingerprint density at radius 2 is 1.81 bits per heavy atom. The Morgan fingerprint density at radius 3 is 2.42 bits per heavy atom. The number of hydrogen-bond donors (Lipinski definition) is 0. The molecule has 0 fully saturated rings. The number of benzene rings is 2. The number of thiazole rings is 1. The molecule has 6 nitrogen and oxygen atoms in total. The summed E-state index contributed by atoms with van der Waals surface area (Å²) in [6.07, 6.45) is 2.80. The highest BCUT2D eigenvalue weighted by Crippen LogP contribution is 2.31. The van der Waals surface area contributed by atoms with Gasteiger partial charge in [0.05, 0.1) is 35.1 Å². The van der Waals surface area contributed by atoms with Crippen molar-refractivity contribution in [2.45, 2.75) is 53.0 Å². The Balaban J connectivity index is 1.83. The lowest BCUT2D eigenvalue weighted by molar-refractivity contribution is -0.139. The number of fused-ring (bicyclic) bond motifs is 1. The summed E-state index contributed by atoms with van der Waals surface area (Å²) >= 11 is 1.32. The predicted octanol–water partition coefficient (Wildman–Crippen LogP) is 4.71. The molecule has 1 aromatic heterocycles. The number of aromatic nitrogens is 1. The fraction of sp³-hybridized carbons (Fsp3) is 0.345. The van der Waals surface area contributed by atoms with Crippen LogP contribution in [0.2, 0.25) is 0 Å². The van der Waals surface area contributed by atoms with Gasteiger partial charge in [-0.25, -0.2) is 9.79 Å². The number of allylic oxidation sites excluding steroid dienone is 1. The summed E-state index contributed by atoms with van der Waals surface area (Å²) in [5, 5.41) is 0. The van der Waals surface area contributed by atoms with Crippen LogP contribution in [-0.2, 0) is 9.53 Å². The standard InChI is InChI=1S/C29H32N2O4S/c1-6-16-35-23-14-8-20(9-15-23)17-24-27(32)31-26(22-12-10-21(11-13-22)18(3)4)25(28(33)34-7-2)19(5)30-29(31)36-24/h8-15,17-18,26H,6-7,16H2,1-5H3/b24-17-/t26-/m1/s1. The lowest BCUT2D eigenvalue weighted by Gasteiger charge is -2.25. The molecule has 36 heavy (non-hydrogen) atoms. The lowest BCUT2D eigenvalue weighted by atomic mass is 9.93. The van der Waals surface area contributed by atoms with E-state index < -0.39 is 12.0 Å². The molecule has 2 heterocycles. The van der Waals surface area contributed by atoms with Gasteiger partial charge < -0.3 is 9.47 Å². The van der Waals surface area contributed by atoms with Crippen LogP contribution in [0.4, 0.5) is 0 Å². The molecule has 1 aliphatic rings. The maximum Gasteiger partial charge on any atom is 0.338 e. The van der Waals surface area contributed by atoms with Crippen LogP contribution < -0.4 is 19.6 Å². The minimum atomic E-state index is -0.603. The van der Waals surface area contributed by atoms with Gasteiger partial charge in [0, 0.05) is 0 Å². The molecule has 0 bridgehead atoms. The summed E-state index contributed by atoms with van der Waals surface area (Å²) < 4.78 is 13.2. The van der Waals surface area contributed by atoms with Gasteiger partial charge in [0.15, 0.2) is 4.80 Å². The topological polar surface area (TPSA) is 69.9 Å². The normalized spacial score (nSPS) is 15.6. The zero-order chi connectivity index (χ0) is 25.8. The molecule has 4 rings (SSSR count). The number of nitrogens with zero attached hydrogens (tertiary/aromatic N) is 2. The van der Waals surface area contributed by atoms with Gasteiger partial charge in [-0.15, -0.1) is 0 Å². The third-order valence-corrected chi connectivity index (χ3v) is 7.07. The minimum absolute atomic E-state index is 0.183. The molecular weight excluding hydrogens is 472 g/mol. The first kappa shape index (κ1) is 25.6. The van der Waals surface area contributed by atoms with E-state index in [0.717, 1.165) is 23.3 Å². The lowest BCUT2D eigenvalue weighted by Crippen LogP contribution is -2.39. The smallest absolute Gasteiger partial charge is 0.338 e. The monoisotopic (exact) mass is 504 g/mol. The highest BCUT2D eigenvalue weighted by Gasteiger charge is 2.33. The van der Waals surface area contributed by atoms with Crippen molar-refractivity contribution in [3.8, 4) is 5.75 Å². The Bertz CT molecular complexity index is 1440. The van der Waals surface area contributed by atoms with E-state index in [1.165, 1.54) is 16.9 Å². The van der Waals surface area contributed by atoms with Crippen LogP contribution >= 0.6 is 11.3 Å². The first-order valence-electron chi connectivity index (χ1n) is 12.4. The molecule has 0 aliphatic carbocycles. The average Bonchev–Trinajstić information content (AvgIpc) is 3.17. The van der Waals surface area contributed by atoms with Gasteiger partial charge in [-0.2, -0.15) is 0 Å². The molecule has 0 N–H and O–H groups in total. The maximum absolute atomic E-state index is 13.7. The van der Waals surface area contributed by atoms with Crippen LogP contribution in [0.25, 0.3) is 6.08 Å².